The zero-order chi connectivity index (χ0) is 20.2. The molecule has 1 unspecified atom stereocenters. The molecule has 8 heteroatoms. The molecule has 1 fully saturated rings. The number of methoxy groups -OCH3 is 1. The predicted molar refractivity (Wildman–Crippen MR) is 112 cm³/mol. The van der Waals surface area contributed by atoms with Crippen LogP contribution in [0.3, 0.4) is 0 Å². The number of amides is 1. The van der Waals surface area contributed by atoms with Crippen molar-refractivity contribution in [2.24, 2.45) is 0 Å². The number of carbonyl (C=O) groups is 1. The van der Waals surface area contributed by atoms with E-state index in [0.29, 0.717) is 17.2 Å². The van der Waals surface area contributed by atoms with Crippen molar-refractivity contribution in [3.8, 4) is 16.5 Å². The minimum atomic E-state index is 0.0178. The van der Waals surface area contributed by atoms with E-state index in [9.17, 15) is 4.79 Å². The molecule has 0 spiro atoms. The molecule has 0 bridgehead atoms. The van der Waals surface area contributed by atoms with Gasteiger partial charge in [0.05, 0.1) is 34.6 Å². The molecule has 1 aliphatic rings. The molecule has 1 amide bonds. The standard InChI is InChI=1S/C21H25N5O2S/c1-3-15-7-4-5-11-25(15)20(27)16-13-23-26(18(16)14-28-2)21-22-10-9-17(24-21)19-8-6-12-29-19/h6,8-10,12-13,15H,3-5,7,11,14H2,1-2H3. The fourth-order valence-electron chi connectivity index (χ4n) is 3.86. The van der Waals surface area contributed by atoms with E-state index in [1.54, 1.807) is 35.5 Å². The molecule has 0 N–H and O–H groups in total. The Labute approximate surface area is 174 Å². The lowest BCUT2D eigenvalue weighted by molar-refractivity contribution is 0.0603. The van der Waals surface area contributed by atoms with Gasteiger partial charge in [-0.1, -0.05) is 13.0 Å². The number of rotatable bonds is 6. The second-order valence-electron chi connectivity index (χ2n) is 7.13. The van der Waals surface area contributed by atoms with E-state index in [-0.39, 0.29) is 18.6 Å². The van der Waals surface area contributed by atoms with Crippen LogP contribution in [0.5, 0.6) is 0 Å². The minimum Gasteiger partial charge on any atom is -0.378 e. The highest BCUT2D eigenvalue weighted by Gasteiger charge is 2.30. The van der Waals surface area contributed by atoms with Crippen molar-refractivity contribution < 1.29 is 9.53 Å². The van der Waals surface area contributed by atoms with Crippen molar-refractivity contribution in [1.82, 2.24) is 24.6 Å². The highest BCUT2D eigenvalue weighted by molar-refractivity contribution is 7.13. The molecular weight excluding hydrogens is 386 g/mol. The number of carbonyl (C=O) groups excluding carboxylic acids is 1. The van der Waals surface area contributed by atoms with Gasteiger partial charge in [-0.25, -0.2) is 9.97 Å². The van der Waals surface area contributed by atoms with Crippen molar-refractivity contribution in [3.05, 3.63) is 47.2 Å². The van der Waals surface area contributed by atoms with Gasteiger partial charge in [-0.3, -0.25) is 4.79 Å². The SMILES string of the molecule is CCC1CCCCN1C(=O)c1cnn(-c2nccc(-c3cccs3)n2)c1COC. The van der Waals surface area contributed by atoms with E-state index in [0.717, 1.165) is 36.4 Å². The van der Waals surface area contributed by atoms with Crippen LogP contribution < -0.4 is 0 Å². The van der Waals surface area contributed by atoms with Crippen molar-refractivity contribution in [1.29, 1.82) is 0 Å². The van der Waals surface area contributed by atoms with Gasteiger partial charge in [0.25, 0.3) is 11.9 Å². The number of piperidine rings is 1. The van der Waals surface area contributed by atoms with E-state index in [1.807, 2.05) is 28.5 Å². The smallest absolute Gasteiger partial charge is 0.257 e. The van der Waals surface area contributed by atoms with Crippen LogP contribution in [0.2, 0.25) is 0 Å². The summed E-state index contributed by atoms with van der Waals surface area (Å²) in [5.74, 6) is 0.456. The summed E-state index contributed by atoms with van der Waals surface area (Å²) in [7, 11) is 1.62. The van der Waals surface area contributed by atoms with Crippen LogP contribution in [0.4, 0.5) is 0 Å². The third-order valence-corrected chi connectivity index (χ3v) is 6.24. The van der Waals surface area contributed by atoms with Crippen molar-refractivity contribution >= 4 is 17.2 Å². The lowest BCUT2D eigenvalue weighted by Gasteiger charge is -2.35. The maximum atomic E-state index is 13.3. The topological polar surface area (TPSA) is 73.1 Å². The van der Waals surface area contributed by atoms with E-state index in [4.69, 9.17) is 4.74 Å². The molecule has 3 aromatic heterocycles. The van der Waals surface area contributed by atoms with Crippen molar-refractivity contribution in [2.45, 2.75) is 45.3 Å². The Balaban J connectivity index is 1.70. The molecule has 4 heterocycles. The number of thiophene rings is 1. The molecule has 0 aromatic carbocycles. The Hall–Kier alpha value is -2.58. The second kappa shape index (κ2) is 8.84. The Morgan fingerprint density at radius 1 is 1.34 bits per heavy atom. The average Bonchev–Trinajstić information content (AvgIpc) is 3.44. The molecule has 29 heavy (non-hydrogen) atoms. The number of aromatic nitrogens is 4. The molecular formula is C21H25N5O2S. The molecule has 1 atom stereocenters. The van der Waals surface area contributed by atoms with E-state index < -0.39 is 0 Å². The van der Waals surface area contributed by atoms with E-state index >= 15 is 0 Å². The van der Waals surface area contributed by atoms with Gasteiger partial charge in [0.1, 0.15) is 0 Å². The van der Waals surface area contributed by atoms with Crippen molar-refractivity contribution in [3.63, 3.8) is 0 Å². The van der Waals surface area contributed by atoms with Gasteiger partial charge >= 0.3 is 0 Å². The summed E-state index contributed by atoms with van der Waals surface area (Å²) in [6.07, 6.45) is 7.58. The molecule has 152 valence electrons. The molecule has 3 aromatic rings. The highest BCUT2D eigenvalue weighted by atomic mass is 32.1. The van der Waals surface area contributed by atoms with Gasteiger partial charge in [0.15, 0.2) is 0 Å². The fraction of sp³-hybridized carbons (Fsp3) is 0.429. The number of hydrogen-bond acceptors (Lipinski definition) is 6. The number of likely N-dealkylation sites (tertiary alicyclic amines) is 1. The number of hydrogen-bond donors (Lipinski definition) is 0. The first-order chi connectivity index (χ1) is 14.2. The van der Waals surface area contributed by atoms with Crippen LogP contribution in [0.15, 0.2) is 36.0 Å². The van der Waals surface area contributed by atoms with Crippen LogP contribution in [0, 0.1) is 0 Å². The number of nitrogens with zero attached hydrogens (tertiary/aromatic N) is 5. The third-order valence-electron chi connectivity index (χ3n) is 5.35. The summed E-state index contributed by atoms with van der Waals surface area (Å²) in [6, 6.07) is 6.17. The van der Waals surface area contributed by atoms with Crippen LogP contribution >= 0.6 is 11.3 Å². The molecule has 4 rings (SSSR count). The Kier molecular flexibility index (Phi) is 6.01. The summed E-state index contributed by atoms with van der Waals surface area (Å²) in [4.78, 5) is 25.4. The van der Waals surface area contributed by atoms with Crippen LogP contribution in [-0.4, -0.2) is 50.3 Å². The van der Waals surface area contributed by atoms with Gasteiger partial charge in [-0.05, 0) is 43.2 Å². The Morgan fingerprint density at radius 2 is 2.24 bits per heavy atom. The molecule has 1 saturated heterocycles. The lowest BCUT2D eigenvalue weighted by atomic mass is 9.99. The molecule has 0 radical (unpaired) electrons. The Morgan fingerprint density at radius 3 is 3.00 bits per heavy atom. The quantitative estimate of drug-likeness (QED) is 0.614. The number of ether oxygens (including phenoxy) is 1. The normalized spacial score (nSPS) is 16.9. The highest BCUT2D eigenvalue weighted by Crippen LogP contribution is 2.25. The second-order valence-corrected chi connectivity index (χ2v) is 8.07. The zero-order valence-corrected chi connectivity index (χ0v) is 17.6. The molecule has 0 saturated carbocycles. The first-order valence-electron chi connectivity index (χ1n) is 9.97. The summed E-state index contributed by atoms with van der Waals surface area (Å²) < 4.78 is 7.02. The van der Waals surface area contributed by atoms with Gasteiger partial charge in [-0.15, -0.1) is 11.3 Å². The van der Waals surface area contributed by atoms with Crippen LogP contribution in [0.1, 0.15) is 48.7 Å². The largest absolute Gasteiger partial charge is 0.378 e. The molecule has 1 aliphatic heterocycles. The van der Waals surface area contributed by atoms with Gasteiger partial charge in [0, 0.05) is 25.9 Å². The summed E-state index contributed by atoms with van der Waals surface area (Å²) in [6.45, 7) is 3.19. The van der Waals surface area contributed by atoms with Crippen molar-refractivity contribution in [2.75, 3.05) is 13.7 Å². The van der Waals surface area contributed by atoms with Gasteiger partial charge < -0.3 is 9.64 Å². The van der Waals surface area contributed by atoms with E-state index in [1.165, 1.54) is 6.42 Å². The third kappa shape index (κ3) is 3.95. The van der Waals surface area contributed by atoms with Gasteiger partial charge in [0.2, 0.25) is 0 Å². The van der Waals surface area contributed by atoms with E-state index in [2.05, 4.69) is 22.0 Å². The maximum absolute atomic E-state index is 13.3. The monoisotopic (exact) mass is 411 g/mol. The molecule has 7 nitrogen and oxygen atoms in total. The first-order valence-corrected chi connectivity index (χ1v) is 10.8. The minimum absolute atomic E-state index is 0.0178. The molecule has 0 aliphatic carbocycles. The Bertz CT molecular complexity index is 969. The summed E-state index contributed by atoms with van der Waals surface area (Å²) in [5, 5.41) is 6.48. The van der Waals surface area contributed by atoms with Crippen LogP contribution in [0.25, 0.3) is 16.5 Å². The maximum Gasteiger partial charge on any atom is 0.257 e. The first kappa shape index (κ1) is 19.7. The average molecular weight is 412 g/mol. The van der Waals surface area contributed by atoms with Gasteiger partial charge in [-0.2, -0.15) is 9.78 Å². The summed E-state index contributed by atoms with van der Waals surface area (Å²) >= 11 is 1.62. The fourth-order valence-corrected chi connectivity index (χ4v) is 4.55. The predicted octanol–water partition coefficient (Wildman–Crippen LogP) is 3.94. The summed E-state index contributed by atoms with van der Waals surface area (Å²) in [5.41, 5.74) is 2.08. The van der Waals surface area contributed by atoms with Crippen LogP contribution in [-0.2, 0) is 11.3 Å². The lowest BCUT2D eigenvalue weighted by Crippen LogP contribution is -2.43. The zero-order valence-electron chi connectivity index (χ0n) is 16.7.